The zero-order chi connectivity index (χ0) is 17.8. The lowest BCUT2D eigenvalue weighted by molar-refractivity contribution is -0.117. The van der Waals surface area contributed by atoms with Crippen LogP contribution in [0.1, 0.15) is 48.5 Å². The molecule has 0 radical (unpaired) electrons. The van der Waals surface area contributed by atoms with E-state index in [4.69, 9.17) is 0 Å². The lowest BCUT2D eigenvalue weighted by atomic mass is 9.96. The first-order valence-corrected chi connectivity index (χ1v) is 9.06. The number of likely N-dealkylation sites (tertiary alicyclic amines) is 1. The number of aromatic nitrogens is 3. The van der Waals surface area contributed by atoms with E-state index in [-0.39, 0.29) is 5.91 Å². The number of hydrogen-bond acceptors (Lipinski definition) is 4. The van der Waals surface area contributed by atoms with Gasteiger partial charge in [0, 0.05) is 18.0 Å². The first kappa shape index (κ1) is 17.6. The summed E-state index contributed by atoms with van der Waals surface area (Å²) < 4.78 is 0. The quantitative estimate of drug-likeness (QED) is 0.877. The average molecular weight is 341 g/mol. The Morgan fingerprint density at radius 3 is 2.76 bits per heavy atom. The summed E-state index contributed by atoms with van der Waals surface area (Å²) in [4.78, 5) is 19.1. The third-order valence-electron chi connectivity index (χ3n) is 5.08. The molecule has 25 heavy (non-hydrogen) atoms. The SMILES string of the molecule is CCc1nc(C2CCN(CC(=O)Nc3cccc(C)c3C)CC2)n[nH]1. The number of anilines is 1. The second-order valence-electron chi connectivity index (χ2n) is 6.84. The fraction of sp³-hybridized carbons (Fsp3) is 0.526. The molecule has 1 amide bonds. The lowest BCUT2D eigenvalue weighted by Gasteiger charge is -2.30. The van der Waals surface area contributed by atoms with Crippen molar-refractivity contribution < 1.29 is 4.79 Å². The van der Waals surface area contributed by atoms with Gasteiger partial charge in [-0.05, 0) is 57.0 Å². The van der Waals surface area contributed by atoms with Crippen molar-refractivity contribution in [1.29, 1.82) is 0 Å². The summed E-state index contributed by atoms with van der Waals surface area (Å²) >= 11 is 0. The van der Waals surface area contributed by atoms with Gasteiger partial charge in [-0.3, -0.25) is 14.8 Å². The Labute approximate surface area is 149 Å². The Kier molecular flexibility index (Phi) is 5.48. The number of carbonyl (C=O) groups excluding carboxylic acids is 1. The van der Waals surface area contributed by atoms with Crippen molar-refractivity contribution in [2.24, 2.45) is 0 Å². The molecule has 0 aliphatic carbocycles. The Hall–Kier alpha value is -2.21. The van der Waals surface area contributed by atoms with E-state index >= 15 is 0 Å². The zero-order valence-corrected chi connectivity index (χ0v) is 15.3. The maximum atomic E-state index is 12.4. The summed E-state index contributed by atoms with van der Waals surface area (Å²) in [5, 5.41) is 10.4. The van der Waals surface area contributed by atoms with E-state index < -0.39 is 0 Å². The number of aromatic amines is 1. The van der Waals surface area contributed by atoms with Crippen molar-refractivity contribution in [2.45, 2.75) is 46.0 Å². The molecule has 1 aromatic carbocycles. The van der Waals surface area contributed by atoms with Gasteiger partial charge in [-0.25, -0.2) is 4.98 Å². The van der Waals surface area contributed by atoms with Gasteiger partial charge in [0.05, 0.1) is 6.54 Å². The minimum atomic E-state index is 0.0540. The van der Waals surface area contributed by atoms with E-state index in [0.29, 0.717) is 12.5 Å². The van der Waals surface area contributed by atoms with Crippen molar-refractivity contribution in [2.75, 3.05) is 25.0 Å². The van der Waals surface area contributed by atoms with Gasteiger partial charge in [-0.2, -0.15) is 5.10 Å². The Morgan fingerprint density at radius 2 is 2.08 bits per heavy atom. The van der Waals surface area contributed by atoms with Crippen LogP contribution in [0.3, 0.4) is 0 Å². The minimum Gasteiger partial charge on any atom is -0.325 e. The minimum absolute atomic E-state index is 0.0540. The molecule has 2 heterocycles. The van der Waals surface area contributed by atoms with Crippen LogP contribution in [0.25, 0.3) is 0 Å². The van der Waals surface area contributed by atoms with E-state index in [0.717, 1.165) is 55.3 Å². The van der Waals surface area contributed by atoms with Crippen LogP contribution in [0.4, 0.5) is 5.69 Å². The van der Waals surface area contributed by atoms with Gasteiger partial charge in [0.25, 0.3) is 0 Å². The molecule has 2 N–H and O–H groups in total. The summed E-state index contributed by atoms with van der Waals surface area (Å²) in [5.41, 5.74) is 3.23. The highest BCUT2D eigenvalue weighted by Gasteiger charge is 2.24. The molecule has 0 unspecified atom stereocenters. The normalized spacial score (nSPS) is 16.1. The van der Waals surface area contributed by atoms with Gasteiger partial charge in [0.2, 0.25) is 5.91 Å². The molecule has 3 rings (SSSR count). The molecule has 0 saturated carbocycles. The summed E-state index contributed by atoms with van der Waals surface area (Å²) in [5.74, 6) is 2.33. The van der Waals surface area contributed by atoms with Crippen LogP contribution in [-0.2, 0) is 11.2 Å². The molecule has 1 aliphatic rings. The van der Waals surface area contributed by atoms with Crippen molar-refractivity contribution in [3.63, 3.8) is 0 Å². The molecule has 2 aromatic rings. The smallest absolute Gasteiger partial charge is 0.238 e. The molecular weight excluding hydrogens is 314 g/mol. The van der Waals surface area contributed by atoms with Crippen LogP contribution in [0, 0.1) is 13.8 Å². The van der Waals surface area contributed by atoms with Crippen LogP contribution in [0.15, 0.2) is 18.2 Å². The van der Waals surface area contributed by atoms with Gasteiger partial charge >= 0.3 is 0 Å². The van der Waals surface area contributed by atoms with Crippen LogP contribution < -0.4 is 5.32 Å². The van der Waals surface area contributed by atoms with Crippen molar-refractivity contribution in [3.05, 3.63) is 41.0 Å². The monoisotopic (exact) mass is 341 g/mol. The highest BCUT2D eigenvalue weighted by Crippen LogP contribution is 2.25. The predicted molar refractivity (Wildman–Crippen MR) is 98.7 cm³/mol. The first-order valence-electron chi connectivity index (χ1n) is 9.06. The molecule has 6 nitrogen and oxygen atoms in total. The summed E-state index contributed by atoms with van der Waals surface area (Å²) in [7, 11) is 0. The number of nitrogens with one attached hydrogen (secondary N) is 2. The number of piperidine rings is 1. The average Bonchev–Trinajstić information content (AvgIpc) is 3.09. The highest BCUT2D eigenvalue weighted by atomic mass is 16.2. The van der Waals surface area contributed by atoms with Gasteiger partial charge in [-0.1, -0.05) is 19.1 Å². The number of hydrogen-bond donors (Lipinski definition) is 2. The van der Waals surface area contributed by atoms with Gasteiger partial charge in [0.15, 0.2) is 5.82 Å². The van der Waals surface area contributed by atoms with E-state index in [1.165, 1.54) is 5.56 Å². The fourth-order valence-electron chi connectivity index (χ4n) is 3.28. The van der Waals surface area contributed by atoms with E-state index in [9.17, 15) is 4.79 Å². The molecule has 1 fully saturated rings. The molecule has 0 spiro atoms. The summed E-state index contributed by atoms with van der Waals surface area (Å²) in [6, 6.07) is 5.99. The predicted octanol–water partition coefficient (Wildman–Crippen LogP) is 2.80. The van der Waals surface area contributed by atoms with E-state index in [1.54, 1.807) is 0 Å². The molecular formula is C19H27N5O. The van der Waals surface area contributed by atoms with E-state index in [2.05, 4.69) is 45.3 Å². The number of rotatable bonds is 5. The number of nitrogens with zero attached hydrogens (tertiary/aromatic N) is 3. The first-order chi connectivity index (χ1) is 12.1. The summed E-state index contributed by atoms with van der Waals surface area (Å²) in [6.07, 6.45) is 2.87. The topological polar surface area (TPSA) is 73.9 Å². The fourth-order valence-corrected chi connectivity index (χ4v) is 3.28. The Morgan fingerprint density at radius 1 is 1.32 bits per heavy atom. The lowest BCUT2D eigenvalue weighted by Crippen LogP contribution is -2.39. The molecule has 1 saturated heterocycles. The summed E-state index contributed by atoms with van der Waals surface area (Å²) in [6.45, 7) is 8.41. The van der Waals surface area contributed by atoms with E-state index in [1.807, 2.05) is 19.1 Å². The molecule has 1 aliphatic heterocycles. The van der Waals surface area contributed by atoms with Crippen LogP contribution in [0.5, 0.6) is 0 Å². The third kappa shape index (κ3) is 4.25. The number of H-pyrrole nitrogens is 1. The Balaban J connectivity index is 1.50. The van der Waals surface area contributed by atoms with Crippen molar-refractivity contribution >= 4 is 11.6 Å². The van der Waals surface area contributed by atoms with Crippen LogP contribution in [0.2, 0.25) is 0 Å². The van der Waals surface area contributed by atoms with Gasteiger partial charge in [0.1, 0.15) is 5.82 Å². The zero-order valence-electron chi connectivity index (χ0n) is 15.3. The Bertz CT molecular complexity index is 731. The highest BCUT2D eigenvalue weighted by molar-refractivity contribution is 5.93. The number of aryl methyl sites for hydroxylation is 2. The molecule has 134 valence electrons. The number of carbonyl (C=O) groups is 1. The largest absolute Gasteiger partial charge is 0.325 e. The van der Waals surface area contributed by atoms with Gasteiger partial charge < -0.3 is 5.32 Å². The third-order valence-corrected chi connectivity index (χ3v) is 5.08. The van der Waals surface area contributed by atoms with Gasteiger partial charge in [-0.15, -0.1) is 0 Å². The van der Waals surface area contributed by atoms with Crippen molar-refractivity contribution in [1.82, 2.24) is 20.1 Å². The second kappa shape index (κ2) is 7.78. The molecule has 0 atom stereocenters. The maximum Gasteiger partial charge on any atom is 0.238 e. The van der Waals surface area contributed by atoms with Crippen LogP contribution in [-0.4, -0.2) is 45.6 Å². The molecule has 0 bridgehead atoms. The standard InChI is InChI=1S/C19H27N5O/c1-4-17-21-19(23-22-17)15-8-10-24(11-9-15)12-18(25)20-16-7-5-6-13(2)14(16)3/h5-7,15H,4,8-12H2,1-3H3,(H,20,25)(H,21,22,23). The molecule has 6 heteroatoms. The molecule has 1 aromatic heterocycles. The van der Waals surface area contributed by atoms with Crippen LogP contribution >= 0.6 is 0 Å². The number of benzene rings is 1. The maximum absolute atomic E-state index is 12.4. The number of amides is 1. The second-order valence-corrected chi connectivity index (χ2v) is 6.84. The van der Waals surface area contributed by atoms with Crippen molar-refractivity contribution in [3.8, 4) is 0 Å².